The maximum atomic E-state index is 13.3. The summed E-state index contributed by atoms with van der Waals surface area (Å²) in [6.07, 6.45) is -3.23. The summed E-state index contributed by atoms with van der Waals surface area (Å²) in [7, 11) is -1.93. The van der Waals surface area contributed by atoms with E-state index in [2.05, 4.69) is 21.6 Å². The van der Waals surface area contributed by atoms with E-state index in [0.717, 1.165) is 61.4 Å². The van der Waals surface area contributed by atoms with Crippen molar-refractivity contribution >= 4 is 20.9 Å². The monoisotopic (exact) mass is 453 g/mol. The summed E-state index contributed by atoms with van der Waals surface area (Å²) < 4.78 is 68.7. The maximum absolute atomic E-state index is 13.3. The fourth-order valence-electron chi connectivity index (χ4n) is 3.72. The predicted molar refractivity (Wildman–Crippen MR) is 110 cm³/mol. The number of nitrogens with zero attached hydrogens (tertiary/aromatic N) is 3. The van der Waals surface area contributed by atoms with Crippen LogP contribution in [0.5, 0.6) is 5.75 Å². The summed E-state index contributed by atoms with van der Waals surface area (Å²) in [6.45, 7) is 4.30. The Kier molecular flexibility index (Phi) is 5.71. The second-order valence-corrected chi connectivity index (χ2v) is 9.39. The van der Waals surface area contributed by atoms with E-state index in [1.807, 2.05) is 12.1 Å². The number of halogens is 3. The van der Waals surface area contributed by atoms with E-state index in [1.54, 1.807) is 18.3 Å². The van der Waals surface area contributed by atoms with Gasteiger partial charge in [-0.1, -0.05) is 18.2 Å². The molecule has 1 saturated heterocycles. The van der Waals surface area contributed by atoms with Crippen LogP contribution in [-0.4, -0.2) is 61.8 Å². The average Bonchev–Trinajstić information content (AvgIpc) is 3.08. The summed E-state index contributed by atoms with van der Waals surface area (Å²) in [5.74, 6) is -0.473. The van der Waals surface area contributed by atoms with E-state index >= 15 is 0 Å². The molecule has 3 aromatic rings. The summed E-state index contributed by atoms with van der Waals surface area (Å²) in [5.41, 5.74) is 1.42. The van der Waals surface area contributed by atoms with Crippen molar-refractivity contribution in [1.29, 1.82) is 0 Å². The van der Waals surface area contributed by atoms with Crippen LogP contribution >= 0.6 is 0 Å². The van der Waals surface area contributed by atoms with Crippen molar-refractivity contribution in [3.63, 3.8) is 0 Å². The van der Waals surface area contributed by atoms with Crippen LogP contribution in [0.15, 0.2) is 59.6 Å². The van der Waals surface area contributed by atoms with Crippen LogP contribution in [0.1, 0.15) is 5.56 Å². The topological polar surface area (TPSA) is 54.8 Å². The fraction of sp³-hybridized carbons (Fsp3) is 0.333. The standard InChI is InChI=1S/C21H22F3N3O3S/c1-25-10-12-26(13-11-25)14-16-15-27(20-5-3-2-4-19(16)20)31(28,29)18-8-6-17(7-9-18)30-21(22,23)24/h2-9,15H,10-14H2,1H3. The molecule has 0 N–H and O–H groups in total. The van der Waals surface area contributed by atoms with Crippen LogP contribution in [0.3, 0.4) is 0 Å². The molecule has 0 bridgehead atoms. The molecule has 0 amide bonds. The summed E-state index contributed by atoms with van der Waals surface area (Å²) >= 11 is 0. The van der Waals surface area contributed by atoms with Crippen molar-refractivity contribution in [1.82, 2.24) is 13.8 Å². The molecular weight excluding hydrogens is 431 g/mol. The summed E-state index contributed by atoms with van der Waals surface area (Å²) in [6, 6.07) is 11.4. The third kappa shape index (κ3) is 4.70. The Bertz CT molecular complexity index is 1170. The Labute approximate surface area is 178 Å². The van der Waals surface area contributed by atoms with Gasteiger partial charge in [-0.05, 0) is 42.9 Å². The lowest BCUT2D eigenvalue weighted by atomic mass is 10.1. The van der Waals surface area contributed by atoms with Crippen molar-refractivity contribution in [3.8, 4) is 5.75 Å². The zero-order chi connectivity index (χ0) is 22.2. The molecule has 1 fully saturated rings. The summed E-state index contributed by atoms with van der Waals surface area (Å²) in [5, 5.41) is 0.835. The molecule has 0 atom stereocenters. The van der Waals surface area contributed by atoms with Crippen LogP contribution in [0, 0.1) is 0 Å². The molecule has 10 heteroatoms. The Morgan fingerprint density at radius 3 is 2.26 bits per heavy atom. The Hall–Kier alpha value is -2.56. The van der Waals surface area contributed by atoms with E-state index < -0.39 is 22.1 Å². The minimum absolute atomic E-state index is 0.117. The number of aromatic nitrogens is 1. The molecule has 166 valence electrons. The molecule has 2 heterocycles. The smallest absolute Gasteiger partial charge is 0.406 e. The lowest BCUT2D eigenvalue weighted by Gasteiger charge is -2.32. The Morgan fingerprint density at radius 2 is 1.61 bits per heavy atom. The Balaban J connectivity index is 1.67. The van der Waals surface area contributed by atoms with E-state index in [-0.39, 0.29) is 4.90 Å². The number of rotatable bonds is 5. The lowest BCUT2D eigenvalue weighted by Crippen LogP contribution is -2.43. The van der Waals surface area contributed by atoms with Crippen molar-refractivity contribution < 1.29 is 26.3 Å². The minimum Gasteiger partial charge on any atom is -0.406 e. The predicted octanol–water partition coefficient (Wildman–Crippen LogP) is 3.52. The van der Waals surface area contributed by atoms with Crippen molar-refractivity contribution in [2.45, 2.75) is 17.8 Å². The molecule has 0 radical (unpaired) electrons. The zero-order valence-corrected chi connectivity index (χ0v) is 17.7. The molecule has 4 rings (SSSR count). The normalized spacial score (nSPS) is 16.6. The Morgan fingerprint density at radius 1 is 0.968 bits per heavy atom. The van der Waals surface area contributed by atoms with Gasteiger partial charge in [0.25, 0.3) is 10.0 Å². The van der Waals surface area contributed by atoms with Gasteiger partial charge in [-0.3, -0.25) is 4.90 Å². The third-order valence-electron chi connectivity index (χ3n) is 5.36. The second kappa shape index (κ2) is 8.18. The molecule has 0 unspecified atom stereocenters. The number of benzene rings is 2. The molecule has 1 aliphatic heterocycles. The summed E-state index contributed by atoms with van der Waals surface area (Å²) in [4.78, 5) is 4.41. The zero-order valence-electron chi connectivity index (χ0n) is 16.8. The highest BCUT2D eigenvalue weighted by atomic mass is 32.2. The van der Waals surface area contributed by atoms with Gasteiger partial charge >= 0.3 is 6.36 Å². The van der Waals surface area contributed by atoms with Crippen molar-refractivity contribution in [2.75, 3.05) is 33.2 Å². The molecule has 0 aliphatic carbocycles. The van der Waals surface area contributed by atoms with E-state index in [0.29, 0.717) is 12.1 Å². The van der Waals surface area contributed by atoms with Gasteiger partial charge in [0.2, 0.25) is 0 Å². The second-order valence-electron chi connectivity index (χ2n) is 7.57. The van der Waals surface area contributed by atoms with Gasteiger partial charge in [0.1, 0.15) is 5.75 Å². The minimum atomic E-state index is -4.84. The number of piperazine rings is 1. The van der Waals surface area contributed by atoms with Gasteiger partial charge in [0.15, 0.2) is 0 Å². The third-order valence-corrected chi connectivity index (χ3v) is 7.05. The van der Waals surface area contributed by atoms with Crippen LogP contribution in [-0.2, 0) is 16.6 Å². The molecule has 6 nitrogen and oxygen atoms in total. The first-order valence-electron chi connectivity index (χ1n) is 9.75. The number of alkyl halides is 3. The average molecular weight is 453 g/mol. The highest BCUT2D eigenvalue weighted by molar-refractivity contribution is 7.90. The number of ether oxygens (including phenoxy) is 1. The van der Waals surface area contributed by atoms with E-state index in [9.17, 15) is 21.6 Å². The van der Waals surface area contributed by atoms with Crippen LogP contribution < -0.4 is 4.74 Å². The van der Waals surface area contributed by atoms with Crippen LogP contribution in [0.2, 0.25) is 0 Å². The first-order chi connectivity index (χ1) is 14.6. The van der Waals surface area contributed by atoms with Gasteiger partial charge in [-0.15, -0.1) is 13.2 Å². The van der Waals surface area contributed by atoms with Crippen LogP contribution in [0.25, 0.3) is 10.9 Å². The number of fused-ring (bicyclic) bond motifs is 1. The van der Waals surface area contributed by atoms with E-state index in [1.165, 1.54) is 3.97 Å². The largest absolute Gasteiger partial charge is 0.573 e. The first-order valence-corrected chi connectivity index (χ1v) is 11.2. The fourth-order valence-corrected chi connectivity index (χ4v) is 5.11. The molecule has 0 spiro atoms. The van der Waals surface area contributed by atoms with Crippen molar-refractivity contribution in [3.05, 3.63) is 60.3 Å². The number of hydrogen-bond donors (Lipinski definition) is 0. The first kappa shape index (κ1) is 21.7. The number of likely N-dealkylation sites (N-methyl/N-ethyl adjacent to an activating group) is 1. The number of hydrogen-bond acceptors (Lipinski definition) is 5. The molecule has 1 aliphatic rings. The SMILES string of the molecule is CN1CCN(Cc2cn(S(=O)(=O)c3ccc(OC(F)(F)F)cc3)c3ccccc23)CC1. The van der Waals surface area contributed by atoms with Crippen molar-refractivity contribution in [2.24, 2.45) is 0 Å². The van der Waals surface area contributed by atoms with Gasteiger partial charge in [-0.25, -0.2) is 12.4 Å². The van der Waals surface area contributed by atoms with Gasteiger partial charge < -0.3 is 9.64 Å². The highest BCUT2D eigenvalue weighted by Crippen LogP contribution is 2.29. The van der Waals surface area contributed by atoms with E-state index in [4.69, 9.17) is 0 Å². The molecule has 2 aromatic carbocycles. The quantitative estimate of drug-likeness (QED) is 0.592. The lowest BCUT2D eigenvalue weighted by molar-refractivity contribution is -0.274. The highest BCUT2D eigenvalue weighted by Gasteiger charge is 2.31. The van der Waals surface area contributed by atoms with Gasteiger partial charge in [-0.2, -0.15) is 0 Å². The van der Waals surface area contributed by atoms with Gasteiger partial charge in [0, 0.05) is 44.3 Å². The molecule has 1 aromatic heterocycles. The number of para-hydroxylation sites is 1. The van der Waals surface area contributed by atoms with Gasteiger partial charge in [0.05, 0.1) is 10.4 Å². The maximum Gasteiger partial charge on any atom is 0.573 e. The molecule has 31 heavy (non-hydrogen) atoms. The van der Waals surface area contributed by atoms with Crippen LogP contribution in [0.4, 0.5) is 13.2 Å². The molecule has 0 saturated carbocycles. The molecular formula is C21H22F3N3O3S.